The summed E-state index contributed by atoms with van der Waals surface area (Å²) in [7, 11) is 0. The Balaban J connectivity index is 1.88. The van der Waals surface area contributed by atoms with Crippen molar-refractivity contribution >= 4 is 5.97 Å². The quantitative estimate of drug-likeness (QED) is 0.774. The van der Waals surface area contributed by atoms with Crippen molar-refractivity contribution in [2.45, 2.75) is 37.4 Å². The van der Waals surface area contributed by atoms with E-state index in [0.29, 0.717) is 32.7 Å². The van der Waals surface area contributed by atoms with Gasteiger partial charge in [-0.1, -0.05) is 0 Å². The van der Waals surface area contributed by atoms with E-state index < -0.39 is 11.6 Å². The van der Waals surface area contributed by atoms with Crippen molar-refractivity contribution in [3.8, 4) is 0 Å². The predicted molar refractivity (Wildman–Crippen MR) is 55.3 cm³/mol. The molecular formula is C11H18O5. The largest absolute Gasteiger partial charge is 0.479 e. The lowest BCUT2D eigenvalue weighted by atomic mass is 9.94. The number of aliphatic carboxylic acids is 1. The molecule has 5 nitrogen and oxygen atoms in total. The molecule has 2 fully saturated rings. The molecule has 1 N–H and O–H groups in total. The summed E-state index contributed by atoms with van der Waals surface area (Å²) in [6.45, 7) is 2.05. The van der Waals surface area contributed by atoms with Gasteiger partial charge in [0.05, 0.1) is 12.7 Å². The van der Waals surface area contributed by atoms with Crippen LogP contribution in [0.2, 0.25) is 0 Å². The third-order valence-corrected chi connectivity index (χ3v) is 3.26. The van der Waals surface area contributed by atoms with E-state index in [4.69, 9.17) is 14.2 Å². The molecule has 0 spiro atoms. The van der Waals surface area contributed by atoms with Gasteiger partial charge in [0, 0.05) is 32.7 Å². The van der Waals surface area contributed by atoms with Crippen molar-refractivity contribution in [3.63, 3.8) is 0 Å². The number of rotatable bonds is 4. The molecule has 0 bridgehead atoms. The third kappa shape index (κ3) is 2.53. The predicted octanol–water partition coefficient (Wildman–Crippen LogP) is 0.816. The fourth-order valence-electron chi connectivity index (χ4n) is 2.15. The van der Waals surface area contributed by atoms with E-state index in [9.17, 15) is 9.90 Å². The van der Waals surface area contributed by atoms with Crippen molar-refractivity contribution in [2.75, 3.05) is 26.4 Å². The summed E-state index contributed by atoms with van der Waals surface area (Å²) < 4.78 is 16.2. The Labute approximate surface area is 94.7 Å². The standard InChI is InChI=1S/C11H18O5/c12-10(13)11(3-6-14-7-4-11)16-8-9-2-1-5-15-9/h9H,1-8H2,(H,12,13). The van der Waals surface area contributed by atoms with Crippen molar-refractivity contribution in [1.82, 2.24) is 0 Å². The molecule has 5 heteroatoms. The fourth-order valence-corrected chi connectivity index (χ4v) is 2.15. The SMILES string of the molecule is O=C(O)C1(OCC2CCCO2)CCOCC1. The number of carbonyl (C=O) groups is 1. The van der Waals surface area contributed by atoms with E-state index in [1.165, 1.54) is 0 Å². The minimum absolute atomic E-state index is 0.0686. The van der Waals surface area contributed by atoms with E-state index >= 15 is 0 Å². The third-order valence-electron chi connectivity index (χ3n) is 3.26. The van der Waals surface area contributed by atoms with Gasteiger partial charge in [-0.2, -0.15) is 0 Å². The van der Waals surface area contributed by atoms with Crippen LogP contribution in [0, 0.1) is 0 Å². The zero-order chi connectivity index (χ0) is 11.4. The van der Waals surface area contributed by atoms with Crippen LogP contribution in [0.1, 0.15) is 25.7 Å². The molecule has 0 amide bonds. The summed E-state index contributed by atoms with van der Waals surface area (Å²) in [5, 5.41) is 9.24. The van der Waals surface area contributed by atoms with Crippen molar-refractivity contribution in [2.24, 2.45) is 0 Å². The van der Waals surface area contributed by atoms with Crippen LogP contribution in [0.3, 0.4) is 0 Å². The van der Waals surface area contributed by atoms with Gasteiger partial charge in [0.25, 0.3) is 0 Å². The summed E-state index contributed by atoms with van der Waals surface area (Å²) in [6, 6.07) is 0. The second-order valence-electron chi connectivity index (χ2n) is 4.36. The summed E-state index contributed by atoms with van der Waals surface area (Å²) >= 11 is 0. The maximum atomic E-state index is 11.3. The highest BCUT2D eigenvalue weighted by molar-refractivity contribution is 5.77. The lowest BCUT2D eigenvalue weighted by Crippen LogP contribution is -2.47. The van der Waals surface area contributed by atoms with Crippen molar-refractivity contribution in [1.29, 1.82) is 0 Å². The van der Waals surface area contributed by atoms with Crippen LogP contribution in [0.25, 0.3) is 0 Å². The molecule has 2 saturated heterocycles. The minimum atomic E-state index is -1.05. The average molecular weight is 230 g/mol. The number of carboxylic acids is 1. The summed E-state index contributed by atoms with van der Waals surface area (Å²) in [4.78, 5) is 11.3. The molecular weight excluding hydrogens is 212 g/mol. The Morgan fingerprint density at radius 1 is 1.38 bits per heavy atom. The van der Waals surface area contributed by atoms with Crippen LogP contribution in [-0.4, -0.2) is 49.2 Å². The molecule has 1 atom stereocenters. The Kier molecular flexibility index (Phi) is 3.78. The van der Waals surface area contributed by atoms with Gasteiger partial charge in [0.2, 0.25) is 0 Å². The molecule has 0 saturated carbocycles. The van der Waals surface area contributed by atoms with Gasteiger partial charge < -0.3 is 19.3 Å². The number of hydrogen-bond acceptors (Lipinski definition) is 4. The van der Waals surface area contributed by atoms with Gasteiger partial charge in [0.1, 0.15) is 0 Å². The van der Waals surface area contributed by atoms with Crippen LogP contribution < -0.4 is 0 Å². The van der Waals surface area contributed by atoms with Crippen molar-refractivity contribution in [3.05, 3.63) is 0 Å². The van der Waals surface area contributed by atoms with Gasteiger partial charge in [-0.3, -0.25) is 0 Å². The monoisotopic (exact) mass is 230 g/mol. The lowest BCUT2D eigenvalue weighted by molar-refractivity contribution is -0.183. The maximum absolute atomic E-state index is 11.3. The molecule has 2 aliphatic rings. The highest BCUT2D eigenvalue weighted by Crippen LogP contribution is 2.27. The normalized spacial score (nSPS) is 29.1. The maximum Gasteiger partial charge on any atom is 0.336 e. The molecule has 0 aromatic heterocycles. The van der Waals surface area contributed by atoms with Crippen LogP contribution in [0.4, 0.5) is 0 Å². The average Bonchev–Trinajstić information content (AvgIpc) is 2.80. The molecule has 0 radical (unpaired) electrons. The van der Waals surface area contributed by atoms with E-state index in [0.717, 1.165) is 19.4 Å². The Morgan fingerprint density at radius 3 is 2.69 bits per heavy atom. The van der Waals surface area contributed by atoms with E-state index in [1.54, 1.807) is 0 Å². The number of carboxylic acid groups (broad SMARTS) is 1. The molecule has 16 heavy (non-hydrogen) atoms. The first-order valence-electron chi connectivity index (χ1n) is 5.80. The zero-order valence-electron chi connectivity index (χ0n) is 9.31. The highest BCUT2D eigenvalue weighted by Gasteiger charge is 2.42. The van der Waals surface area contributed by atoms with Gasteiger partial charge in [-0.25, -0.2) is 4.79 Å². The van der Waals surface area contributed by atoms with E-state index in [1.807, 2.05) is 0 Å². The first kappa shape index (κ1) is 11.8. The van der Waals surface area contributed by atoms with Crippen LogP contribution in [0.5, 0.6) is 0 Å². The minimum Gasteiger partial charge on any atom is -0.479 e. The Hall–Kier alpha value is -0.650. The Bertz CT molecular complexity index is 241. The van der Waals surface area contributed by atoms with Crippen LogP contribution in [0.15, 0.2) is 0 Å². The van der Waals surface area contributed by atoms with Gasteiger partial charge in [0.15, 0.2) is 5.60 Å². The molecule has 0 aliphatic carbocycles. The molecule has 1 unspecified atom stereocenters. The summed E-state index contributed by atoms with van der Waals surface area (Å²) in [6.07, 6.45) is 2.92. The zero-order valence-corrected chi connectivity index (χ0v) is 9.31. The topological polar surface area (TPSA) is 65.0 Å². The highest BCUT2D eigenvalue weighted by atomic mass is 16.6. The van der Waals surface area contributed by atoms with E-state index in [-0.39, 0.29) is 6.10 Å². The van der Waals surface area contributed by atoms with Crippen LogP contribution >= 0.6 is 0 Å². The molecule has 2 aliphatic heterocycles. The summed E-state index contributed by atoms with van der Waals surface area (Å²) in [5.41, 5.74) is -1.05. The second kappa shape index (κ2) is 5.12. The smallest absolute Gasteiger partial charge is 0.336 e. The molecule has 92 valence electrons. The van der Waals surface area contributed by atoms with Gasteiger partial charge >= 0.3 is 5.97 Å². The summed E-state index contributed by atoms with van der Waals surface area (Å²) in [5.74, 6) is -0.881. The first-order valence-corrected chi connectivity index (χ1v) is 5.80. The fraction of sp³-hybridized carbons (Fsp3) is 0.909. The van der Waals surface area contributed by atoms with Gasteiger partial charge in [-0.15, -0.1) is 0 Å². The molecule has 2 heterocycles. The first-order chi connectivity index (χ1) is 7.73. The molecule has 0 aromatic rings. The number of hydrogen-bond donors (Lipinski definition) is 1. The second-order valence-corrected chi connectivity index (χ2v) is 4.36. The van der Waals surface area contributed by atoms with E-state index in [2.05, 4.69) is 0 Å². The Morgan fingerprint density at radius 2 is 2.12 bits per heavy atom. The number of ether oxygens (including phenoxy) is 3. The van der Waals surface area contributed by atoms with Crippen LogP contribution in [-0.2, 0) is 19.0 Å². The molecule has 0 aromatic carbocycles. The van der Waals surface area contributed by atoms with Gasteiger partial charge in [-0.05, 0) is 12.8 Å². The van der Waals surface area contributed by atoms with Crippen molar-refractivity contribution < 1.29 is 24.1 Å². The lowest BCUT2D eigenvalue weighted by Gasteiger charge is -2.33. The molecule has 2 rings (SSSR count).